The van der Waals surface area contributed by atoms with Gasteiger partial charge in [-0.3, -0.25) is 0 Å². The molecule has 4 rings (SSSR count). The number of nitrogens with one attached hydrogen (secondary N) is 1. The number of rotatable bonds is 4. The number of aromatic nitrogens is 2. The fourth-order valence-electron chi connectivity index (χ4n) is 3.71. The van der Waals surface area contributed by atoms with E-state index in [1.807, 2.05) is 24.3 Å². The highest BCUT2D eigenvalue weighted by atomic mass is 19.1. The van der Waals surface area contributed by atoms with Gasteiger partial charge in [-0.05, 0) is 37.8 Å². The van der Waals surface area contributed by atoms with E-state index in [-0.39, 0.29) is 12.1 Å². The average molecular weight is 372 g/mol. The fourth-order valence-corrected chi connectivity index (χ4v) is 3.71. The quantitative estimate of drug-likeness (QED) is 0.860. The first-order chi connectivity index (χ1) is 13.2. The standard InChI is InChI=1S/C20H25FN4O2/c21-18-13-22-20(23-15-4-6-17(26)7-5-15)24-19(18)14-2-1-3-16(12-14)25-8-10-27-11-9-25/h1-3,12-13,15,17,26H,4-11H2,(H,22,23,24). The van der Waals surface area contributed by atoms with Crippen molar-refractivity contribution in [2.45, 2.75) is 37.8 Å². The van der Waals surface area contributed by atoms with Gasteiger partial charge in [-0.15, -0.1) is 0 Å². The summed E-state index contributed by atoms with van der Waals surface area (Å²) in [5.74, 6) is 0.00306. The van der Waals surface area contributed by atoms with Crippen molar-refractivity contribution in [3.8, 4) is 11.3 Å². The van der Waals surface area contributed by atoms with Gasteiger partial charge in [-0.2, -0.15) is 0 Å². The molecule has 2 heterocycles. The Morgan fingerprint density at radius 2 is 1.93 bits per heavy atom. The number of nitrogens with zero attached hydrogens (tertiary/aromatic N) is 3. The van der Waals surface area contributed by atoms with Crippen LogP contribution in [0, 0.1) is 5.82 Å². The maximum atomic E-state index is 14.4. The number of ether oxygens (including phenoxy) is 1. The lowest BCUT2D eigenvalue weighted by molar-refractivity contribution is 0.122. The number of morpholine rings is 1. The smallest absolute Gasteiger partial charge is 0.223 e. The third-order valence-electron chi connectivity index (χ3n) is 5.27. The Labute approximate surface area is 158 Å². The van der Waals surface area contributed by atoms with Crippen LogP contribution in [0.1, 0.15) is 25.7 Å². The minimum atomic E-state index is -0.432. The average Bonchev–Trinajstić information content (AvgIpc) is 2.72. The molecule has 7 heteroatoms. The van der Waals surface area contributed by atoms with E-state index in [4.69, 9.17) is 4.74 Å². The minimum absolute atomic E-state index is 0.212. The molecular formula is C20H25FN4O2. The van der Waals surface area contributed by atoms with Crippen LogP contribution in [0.15, 0.2) is 30.5 Å². The molecule has 1 saturated heterocycles. The fraction of sp³-hybridized carbons (Fsp3) is 0.500. The van der Waals surface area contributed by atoms with Gasteiger partial charge in [-0.1, -0.05) is 12.1 Å². The number of benzene rings is 1. The van der Waals surface area contributed by atoms with Crippen LogP contribution < -0.4 is 10.2 Å². The highest BCUT2D eigenvalue weighted by Gasteiger charge is 2.21. The first-order valence-corrected chi connectivity index (χ1v) is 9.59. The number of anilines is 2. The van der Waals surface area contributed by atoms with Crippen LogP contribution in [0.4, 0.5) is 16.0 Å². The van der Waals surface area contributed by atoms with Gasteiger partial charge in [0.1, 0.15) is 5.69 Å². The zero-order chi connectivity index (χ0) is 18.6. The molecule has 6 nitrogen and oxygen atoms in total. The van der Waals surface area contributed by atoms with Crippen molar-refractivity contribution in [2.24, 2.45) is 0 Å². The van der Waals surface area contributed by atoms with Gasteiger partial charge in [0.15, 0.2) is 5.82 Å². The number of aliphatic hydroxyl groups is 1. The van der Waals surface area contributed by atoms with E-state index < -0.39 is 5.82 Å². The summed E-state index contributed by atoms with van der Waals surface area (Å²) in [5.41, 5.74) is 2.09. The molecule has 2 aliphatic rings. The molecule has 144 valence electrons. The highest BCUT2D eigenvalue weighted by molar-refractivity contribution is 5.67. The molecule has 0 spiro atoms. The number of hydrogen-bond donors (Lipinski definition) is 2. The van der Waals surface area contributed by atoms with Crippen molar-refractivity contribution in [1.29, 1.82) is 0 Å². The lowest BCUT2D eigenvalue weighted by Crippen LogP contribution is -2.36. The number of aliphatic hydroxyl groups excluding tert-OH is 1. The highest BCUT2D eigenvalue weighted by Crippen LogP contribution is 2.27. The van der Waals surface area contributed by atoms with Crippen molar-refractivity contribution in [2.75, 3.05) is 36.5 Å². The maximum absolute atomic E-state index is 14.4. The van der Waals surface area contributed by atoms with Crippen LogP contribution in [0.25, 0.3) is 11.3 Å². The van der Waals surface area contributed by atoms with Crippen molar-refractivity contribution in [3.63, 3.8) is 0 Å². The van der Waals surface area contributed by atoms with Crippen molar-refractivity contribution < 1.29 is 14.2 Å². The third kappa shape index (κ3) is 4.36. The van der Waals surface area contributed by atoms with E-state index in [2.05, 4.69) is 20.2 Å². The summed E-state index contributed by atoms with van der Waals surface area (Å²) in [6.07, 6.45) is 4.29. The molecule has 0 bridgehead atoms. The van der Waals surface area contributed by atoms with E-state index in [1.165, 1.54) is 6.20 Å². The molecule has 2 fully saturated rings. The van der Waals surface area contributed by atoms with Gasteiger partial charge in [0, 0.05) is 30.4 Å². The predicted octanol–water partition coefficient (Wildman–Crippen LogP) is 2.83. The van der Waals surface area contributed by atoms with Gasteiger partial charge in [-0.25, -0.2) is 14.4 Å². The largest absolute Gasteiger partial charge is 0.393 e. The van der Waals surface area contributed by atoms with Crippen molar-refractivity contribution >= 4 is 11.6 Å². The zero-order valence-electron chi connectivity index (χ0n) is 15.3. The van der Waals surface area contributed by atoms with E-state index in [0.717, 1.165) is 50.0 Å². The van der Waals surface area contributed by atoms with E-state index >= 15 is 0 Å². The summed E-state index contributed by atoms with van der Waals surface area (Å²) in [4.78, 5) is 10.8. The number of hydrogen-bond acceptors (Lipinski definition) is 6. The van der Waals surface area contributed by atoms with Gasteiger partial charge in [0.25, 0.3) is 0 Å². The topological polar surface area (TPSA) is 70.5 Å². The van der Waals surface area contributed by atoms with Crippen LogP contribution in [0.2, 0.25) is 0 Å². The first kappa shape index (κ1) is 18.1. The number of halogens is 1. The van der Waals surface area contributed by atoms with Crippen LogP contribution in [-0.2, 0) is 4.74 Å². The summed E-state index contributed by atoms with van der Waals surface area (Å²) >= 11 is 0. The molecule has 1 aromatic carbocycles. The van der Waals surface area contributed by atoms with Crippen molar-refractivity contribution in [1.82, 2.24) is 9.97 Å². The molecule has 0 radical (unpaired) electrons. The van der Waals surface area contributed by atoms with E-state index in [1.54, 1.807) is 0 Å². The predicted molar refractivity (Wildman–Crippen MR) is 102 cm³/mol. The summed E-state index contributed by atoms with van der Waals surface area (Å²) < 4.78 is 19.8. The molecule has 1 aromatic heterocycles. The van der Waals surface area contributed by atoms with Gasteiger partial charge in [0.2, 0.25) is 5.95 Å². The Hall–Kier alpha value is -2.25. The Kier molecular flexibility index (Phi) is 5.50. The van der Waals surface area contributed by atoms with Crippen LogP contribution >= 0.6 is 0 Å². The molecule has 0 atom stereocenters. The Balaban J connectivity index is 1.54. The molecule has 1 saturated carbocycles. The molecule has 0 amide bonds. The van der Waals surface area contributed by atoms with Crippen molar-refractivity contribution in [3.05, 3.63) is 36.3 Å². The Bertz CT molecular complexity index is 774. The van der Waals surface area contributed by atoms with Crippen LogP contribution in [0.5, 0.6) is 0 Å². The molecule has 27 heavy (non-hydrogen) atoms. The second-order valence-corrected chi connectivity index (χ2v) is 7.19. The van der Waals surface area contributed by atoms with Gasteiger partial charge < -0.3 is 20.1 Å². The lowest BCUT2D eigenvalue weighted by atomic mass is 9.93. The van der Waals surface area contributed by atoms with Gasteiger partial charge in [0.05, 0.1) is 25.5 Å². The first-order valence-electron chi connectivity index (χ1n) is 9.59. The van der Waals surface area contributed by atoms with Crippen LogP contribution in [-0.4, -0.2) is 53.5 Å². The molecule has 2 aromatic rings. The maximum Gasteiger partial charge on any atom is 0.223 e. The third-order valence-corrected chi connectivity index (χ3v) is 5.27. The summed E-state index contributed by atoms with van der Waals surface area (Å²) in [5, 5.41) is 12.9. The molecule has 0 unspecified atom stereocenters. The molecular weight excluding hydrogens is 347 g/mol. The van der Waals surface area contributed by atoms with E-state index in [0.29, 0.717) is 24.9 Å². The second kappa shape index (κ2) is 8.19. The molecule has 1 aliphatic heterocycles. The van der Waals surface area contributed by atoms with E-state index in [9.17, 15) is 9.50 Å². The lowest BCUT2D eigenvalue weighted by Gasteiger charge is -2.29. The summed E-state index contributed by atoms with van der Waals surface area (Å²) in [6.45, 7) is 3.07. The van der Waals surface area contributed by atoms with Crippen LogP contribution in [0.3, 0.4) is 0 Å². The second-order valence-electron chi connectivity index (χ2n) is 7.19. The zero-order valence-corrected chi connectivity index (χ0v) is 15.3. The normalized spacial score (nSPS) is 23.3. The SMILES string of the molecule is OC1CCC(Nc2ncc(F)c(-c3cccc(N4CCOCC4)c3)n2)CC1. The minimum Gasteiger partial charge on any atom is -0.393 e. The summed E-state index contributed by atoms with van der Waals surface area (Å²) in [6, 6.07) is 8.01. The Morgan fingerprint density at radius 1 is 1.15 bits per heavy atom. The molecule has 2 N–H and O–H groups in total. The molecule has 1 aliphatic carbocycles. The Morgan fingerprint density at radius 3 is 2.70 bits per heavy atom. The summed E-state index contributed by atoms with van der Waals surface area (Å²) in [7, 11) is 0. The van der Waals surface area contributed by atoms with Gasteiger partial charge >= 0.3 is 0 Å². The monoisotopic (exact) mass is 372 g/mol.